The van der Waals surface area contributed by atoms with Crippen LogP contribution in [0.1, 0.15) is 46.6 Å². The van der Waals surface area contributed by atoms with Crippen LogP contribution in [-0.2, 0) is 37.3 Å². The van der Waals surface area contributed by atoms with Gasteiger partial charge in [-0.1, -0.05) is 96.2 Å². The molecule has 1 aliphatic heterocycles. The number of sulfonamides is 1. The number of hydrogen-bond donors (Lipinski definition) is 3. The van der Waals surface area contributed by atoms with Gasteiger partial charge in [-0.15, -0.1) is 0 Å². The molecule has 2 heterocycles. The predicted molar refractivity (Wildman–Crippen MR) is 195 cm³/mol. The molecule has 0 spiro atoms. The summed E-state index contributed by atoms with van der Waals surface area (Å²) in [6.07, 6.45) is 0.681. The van der Waals surface area contributed by atoms with Gasteiger partial charge in [0.1, 0.15) is 6.04 Å². The normalized spacial score (nSPS) is 18.2. The standard InChI is InChI=1S/C39H39N3O7S2/c1-27-13-19-34(20-14-27)51(46,47)41-35(22-28-8-3-2-4-9-28)38(44)40-32-11-7-10-31(23-32)39-48-33(26-50-37-12-5-6-21-42(37)45)24-36(49-39)30-17-15-29(25-43)16-18-30/h2-21,23,33,35-36,39,41,43H,22,24-26H2,1H3,(H,40,44)/t33-,35+,36+,39?/m0/s1. The number of carbonyl (C=O) groups is 1. The monoisotopic (exact) mass is 725 g/mol. The number of hydrogen-bond acceptors (Lipinski definition) is 8. The van der Waals surface area contributed by atoms with Crippen LogP contribution in [0.15, 0.2) is 137 Å². The van der Waals surface area contributed by atoms with Crippen molar-refractivity contribution in [3.8, 4) is 0 Å². The molecule has 5 aromatic rings. The van der Waals surface area contributed by atoms with Crippen LogP contribution < -0.4 is 14.8 Å². The Hall–Kier alpha value is -4.56. The van der Waals surface area contributed by atoms with Crippen molar-refractivity contribution in [3.05, 3.63) is 161 Å². The third kappa shape index (κ3) is 9.61. The summed E-state index contributed by atoms with van der Waals surface area (Å²) in [5.41, 5.74) is 4.51. The van der Waals surface area contributed by atoms with E-state index < -0.39 is 28.3 Å². The molecule has 1 amide bonds. The number of aryl methyl sites for hydroxylation is 1. The Labute approximate surface area is 302 Å². The molecule has 0 radical (unpaired) electrons. The van der Waals surface area contributed by atoms with E-state index >= 15 is 0 Å². The molecule has 10 nitrogen and oxygen atoms in total. The average Bonchev–Trinajstić information content (AvgIpc) is 3.15. The summed E-state index contributed by atoms with van der Waals surface area (Å²) in [7, 11) is -4.02. The third-order valence-electron chi connectivity index (χ3n) is 8.47. The number of aromatic nitrogens is 1. The first-order chi connectivity index (χ1) is 24.7. The minimum absolute atomic E-state index is 0.0677. The smallest absolute Gasteiger partial charge is 0.251 e. The lowest BCUT2D eigenvalue weighted by Crippen LogP contribution is -2.45. The van der Waals surface area contributed by atoms with Crippen LogP contribution >= 0.6 is 11.8 Å². The van der Waals surface area contributed by atoms with Crippen LogP contribution in [-0.4, -0.2) is 37.3 Å². The second kappa shape index (κ2) is 16.6. The molecule has 0 aliphatic carbocycles. The van der Waals surface area contributed by atoms with Gasteiger partial charge in [0.05, 0.1) is 23.7 Å². The SMILES string of the molecule is Cc1ccc(S(=O)(=O)N[C@H](Cc2ccccc2)C(=O)Nc2cccc(C3O[C@H](CSc4cccc[n+]4[O-])C[C@H](c4ccc(CO)cc4)O3)c2)cc1. The molecule has 1 fully saturated rings. The van der Waals surface area contributed by atoms with E-state index in [2.05, 4.69) is 10.0 Å². The van der Waals surface area contributed by atoms with Gasteiger partial charge in [-0.05, 0) is 60.4 Å². The molecule has 0 bridgehead atoms. The number of nitrogens with one attached hydrogen (secondary N) is 2. The van der Waals surface area contributed by atoms with Crippen molar-refractivity contribution in [2.24, 2.45) is 0 Å². The molecule has 264 valence electrons. The first-order valence-electron chi connectivity index (χ1n) is 16.5. The number of anilines is 1. The van der Waals surface area contributed by atoms with E-state index in [-0.39, 0.29) is 30.1 Å². The topological polar surface area (TPSA) is 141 Å². The minimum Gasteiger partial charge on any atom is -0.618 e. The summed E-state index contributed by atoms with van der Waals surface area (Å²) in [6.45, 7) is 1.80. The van der Waals surface area contributed by atoms with Crippen molar-refractivity contribution in [2.45, 2.75) is 60.8 Å². The molecule has 3 N–H and O–H groups in total. The Kier molecular flexibility index (Phi) is 11.8. The first kappa shape index (κ1) is 36.2. The van der Waals surface area contributed by atoms with Crippen LogP contribution in [0.4, 0.5) is 5.69 Å². The fourth-order valence-corrected chi connectivity index (χ4v) is 7.86. The maximum Gasteiger partial charge on any atom is 0.251 e. The summed E-state index contributed by atoms with van der Waals surface area (Å²) < 4.78 is 43.1. The minimum atomic E-state index is -4.02. The average molecular weight is 726 g/mol. The van der Waals surface area contributed by atoms with Gasteiger partial charge in [-0.2, -0.15) is 9.45 Å². The van der Waals surface area contributed by atoms with Crippen molar-refractivity contribution in [3.63, 3.8) is 0 Å². The molecule has 6 rings (SSSR count). The van der Waals surface area contributed by atoms with Gasteiger partial charge >= 0.3 is 0 Å². The summed E-state index contributed by atoms with van der Waals surface area (Å²) in [5, 5.41) is 25.3. The highest BCUT2D eigenvalue weighted by molar-refractivity contribution is 7.99. The molecule has 0 saturated carbocycles. The molecule has 1 aliphatic rings. The number of aliphatic hydroxyl groups excluding tert-OH is 1. The van der Waals surface area contributed by atoms with Crippen molar-refractivity contribution < 1.29 is 32.5 Å². The number of thioether (sulfide) groups is 1. The van der Waals surface area contributed by atoms with Gasteiger partial charge in [-0.3, -0.25) is 4.79 Å². The van der Waals surface area contributed by atoms with Gasteiger partial charge in [0, 0.05) is 35.6 Å². The zero-order valence-corrected chi connectivity index (χ0v) is 29.6. The maximum atomic E-state index is 13.8. The molecule has 12 heteroatoms. The number of benzene rings is 4. The number of amides is 1. The summed E-state index contributed by atoms with van der Waals surface area (Å²) >= 11 is 1.40. The van der Waals surface area contributed by atoms with Crippen molar-refractivity contribution in [2.75, 3.05) is 11.1 Å². The highest BCUT2D eigenvalue weighted by atomic mass is 32.2. The van der Waals surface area contributed by atoms with E-state index in [0.29, 0.717) is 28.5 Å². The van der Waals surface area contributed by atoms with Gasteiger partial charge in [0.2, 0.25) is 15.9 Å². The summed E-state index contributed by atoms with van der Waals surface area (Å²) in [4.78, 5) is 13.9. The van der Waals surface area contributed by atoms with E-state index in [1.54, 1.807) is 42.5 Å². The molecular weight excluding hydrogens is 687 g/mol. The first-order valence-corrected chi connectivity index (χ1v) is 19.0. The maximum absolute atomic E-state index is 13.8. The second-order valence-electron chi connectivity index (χ2n) is 12.3. The second-order valence-corrected chi connectivity index (χ2v) is 15.1. The van der Waals surface area contributed by atoms with Crippen molar-refractivity contribution in [1.29, 1.82) is 0 Å². The van der Waals surface area contributed by atoms with E-state index in [9.17, 15) is 23.5 Å². The largest absolute Gasteiger partial charge is 0.618 e. The zero-order valence-electron chi connectivity index (χ0n) is 27.9. The number of nitrogens with zero attached hydrogens (tertiary/aromatic N) is 1. The van der Waals surface area contributed by atoms with Crippen LogP contribution in [0.25, 0.3) is 0 Å². The van der Waals surface area contributed by atoms with Crippen molar-refractivity contribution >= 4 is 33.4 Å². The predicted octanol–water partition coefficient (Wildman–Crippen LogP) is 5.99. The lowest BCUT2D eigenvalue weighted by Gasteiger charge is -2.36. The molecule has 4 aromatic carbocycles. The highest BCUT2D eigenvalue weighted by Gasteiger charge is 2.33. The Morgan fingerprint density at radius 3 is 2.37 bits per heavy atom. The quantitative estimate of drug-likeness (QED) is 0.0765. The third-order valence-corrected chi connectivity index (χ3v) is 11.1. The Balaban J connectivity index is 1.22. The number of pyridine rings is 1. The molecule has 4 atom stereocenters. The van der Waals surface area contributed by atoms with Gasteiger partial charge < -0.3 is 25.1 Å². The zero-order chi connectivity index (χ0) is 35.8. The number of carbonyl (C=O) groups excluding carboxylic acids is 1. The van der Waals surface area contributed by atoms with E-state index in [0.717, 1.165) is 27.0 Å². The fraction of sp³-hybridized carbons (Fsp3) is 0.231. The Bertz CT molecular complexity index is 2030. The molecule has 1 unspecified atom stereocenters. The van der Waals surface area contributed by atoms with Crippen LogP contribution in [0.3, 0.4) is 0 Å². The van der Waals surface area contributed by atoms with E-state index in [1.807, 2.05) is 73.7 Å². The van der Waals surface area contributed by atoms with Gasteiger partial charge in [0.15, 0.2) is 12.5 Å². The Morgan fingerprint density at radius 1 is 0.902 bits per heavy atom. The highest BCUT2D eigenvalue weighted by Crippen LogP contribution is 2.39. The number of rotatable bonds is 13. The van der Waals surface area contributed by atoms with E-state index in [4.69, 9.17) is 9.47 Å². The molecular formula is C39H39N3O7S2. The summed E-state index contributed by atoms with van der Waals surface area (Å²) in [6, 6.07) is 34.4. The van der Waals surface area contributed by atoms with E-state index in [1.165, 1.54) is 30.1 Å². The Morgan fingerprint density at radius 2 is 1.65 bits per heavy atom. The fourth-order valence-electron chi connectivity index (χ4n) is 5.73. The van der Waals surface area contributed by atoms with Crippen LogP contribution in [0.2, 0.25) is 0 Å². The number of ether oxygens (including phenoxy) is 2. The molecule has 1 saturated heterocycles. The molecule has 1 aromatic heterocycles. The van der Waals surface area contributed by atoms with Crippen LogP contribution in [0, 0.1) is 12.1 Å². The van der Waals surface area contributed by atoms with Gasteiger partial charge in [0.25, 0.3) is 5.03 Å². The number of aliphatic hydroxyl groups is 1. The van der Waals surface area contributed by atoms with Crippen molar-refractivity contribution in [1.82, 2.24) is 4.72 Å². The van der Waals surface area contributed by atoms with Crippen LogP contribution in [0.5, 0.6) is 0 Å². The molecule has 51 heavy (non-hydrogen) atoms. The summed E-state index contributed by atoms with van der Waals surface area (Å²) in [5.74, 6) is -0.0298. The van der Waals surface area contributed by atoms with Gasteiger partial charge in [-0.25, -0.2) is 8.42 Å². The lowest BCUT2D eigenvalue weighted by molar-refractivity contribution is -0.645. The lowest BCUT2D eigenvalue weighted by atomic mass is 10.0.